The summed E-state index contributed by atoms with van der Waals surface area (Å²) in [6.07, 6.45) is 0. The van der Waals surface area contributed by atoms with Gasteiger partial charge in [0.2, 0.25) is 0 Å². The molecule has 1 N–H and O–H groups in total. The van der Waals surface area contributed by atoms with Crippen LogP contribution in [0.5, 0.6) is 11.5 Å². The van der Waals surface area contributed by atoms with Crippen LogP contribution in [0.15, 0.2) is 72.3 Å². The Labute approximate surface area is 203 Å². The van der Waals surface area contributed by atoms with Gasteiger partial charge in [-0.1, -0.05) is 41.9 Å². The lowest BCUT2D eigenvalue weighted by molar-refractivity contribution is -0.132. The Balaban J connectivity index is 1.94. The molecule has 0 aromatic heterocycles. The topological polar surface area (TPSA) is 76.1 Å². The molecule has 7 heteroatoms. The van der Waals surface area contributed by atoms with Gasteiger partial charge in [-0.2, -0.15) is 0 Å². The van der Waals surface area contributed by atoms with E-state index in [0.29, 0.717) is 39.9 Å². The van der Waals surface area contributed by atoms with E-state index < -0.39 is 17.7 Å². The van der Waals surface area contributed by atoms with Crippen LogP contribution in [0.3, 0.4) is 0 Å². The number of anilines is 1. The van der Waals surface area contributed by atoms with Gasteiger partial charge < -0.3 is 14.6 Å². The maximum Gasteiger partial charge on any atom is 0.300 e. The first-order valence-corrected chi connectivity index (χ1v) is 11.2. The third kappa shape index (κ3) is 4.13. The molecule has 174 valence electrons. The van der Waals surface area contributed by atoms with E-state index in [0.717, 1.165) is 5.56 Å². The average Bonchev–Trinajstić information content (AvgIpc) is 3.11. The molecule has 1 aliphatic rings. The second-order valence-corrected chi connectivity index (χ2v) is 8.21. The van der Waals surface area contributed by atoms with Crippen LogP contribution >= 0.6 is 11.6 Å². The van der Waals surface area contributed by atoms with E-state index in [1.807, 2.05) is 26.0 Å². The Kier molecular flexibility index (Phi) is 6.61. The lowest BCUT2D eigenvalue weighted by Crippen LogP contribution is -2.30. The van der Waals surface area contributed by atoms with Crippen LogP contribution in [0.1, 0.15) is 29.7 Å². The molecule has 0 aliphatic carbocycles. The molecular formula is C27H24ClNO5. The molecular weight excluding hydrogens is 454 g/mol. The number of hydrogen-bond donors (Lipinski definition) is 1. The van der Waals surface area contributed by atoms with E-state index >= 15 is 0 Å². The first-order valence-electron chi connectivity index (χ1n) is 10.8. The second-order valence-electron chi connectivity index (χ2n) is 7.81. The fourth-order valence-electron chi connectivity index (χ4n) is 4.09. The van der Waals surface area contributed by atoms with Gasteiger partial charge in [0.15, 0.2) is 0 Å². The number of ether oxygens (including phenoxy) is 2. The fourth-order valence-corrected chi connectivity index (χ4v) is 4.26. The summed E-state index contributed by atoms with van der Waals surface area (Å²) in [5.74, 6) is -0.768. The summed E-state index contributed by atoms with van der Waals surface area (Å²) in [7, 11) is 1.56. The van der Waals surface area contributed by atoms with Gasteiger partial charge >= 0.3 is 0 Å². The number of aliphatic hydroxyl groups is 1. The molecule has 0 saturated carbocycles. The number of ketones is 1. The normalized spacial score (nSPS) is 17.2. The standard InChI is InChI=1S/C27H24ClNO5/c1-4-34-22-15-18(11-14-20(22)28)25(30)23-24(17-9-12-19(33-3)13-10-17)29(27(32)26(23)31)21-8-6-5-7-16(21)2/h5-15,24,30H,4H2,1-3H3/b25-23-. The zero-order chi connectivity index (χ0) is 24.4. The van der Waals surface area contributed by atoms with E-state index in [-0.39, 0.29) is 11.3 Å². The minimum Gasteiger partial charge on any atom is -0.507 e. The molecule has 3 aromatic rings. The van der Waals surface area contributed by atoms with E-state index in [1.54, 1.807) is 61.7 Å². The van der Waals surface area contributed by atoms with Crippen LogP contribution in [-0.4, -0.2) is 30.5 Å². The number of carbonyl (C=O) groups is 2. The molecule has 34 heavy (non-hydrogen) atoms. The van der Waals surface area contributed by atoms with Crippen molar-refractivity contribution < 1.29 is 24.2 Å². The summed E-state index contributed by atoms with van der Waals surface area (Å²) in [6.45, 7) is 4.07. The number of carbonyl (C=O) groups excluding carboxylic acids is 2. The highest BCUT2D eigenvalue weighted by molar-refractivity contribution is 6.51. The molecule has 0 spiro atoms. The number of aryl methyl sites for hydroxylation is 1. The quantitative estimate of drug-likeness (QED) is 0.281. The molecule has 1 unspecified atom stereocenters. The van der Waals surface area contributed by atoms with E-state index in [4.69, 9.17) is 21.1 Å². The van der Waals surface area contributed by atoms with Gasteiger partial charge in [0.05, 0.1) is 30.4 Å². The van der Waals surface area contributed by atoms with Crippen molar-refractivity contribution in [2.24, 2.45) is 0 Å². The Morgan fingerprint density at radius 1 is 1.06 bits per heavy atom. The molecule has 1 saturated heterocycles. The summed E-state index contributed by atoms with van der Waals surface area (Å²) < 4.78 is 10.8. The number of aliphatic hydroxyl groups excluding tert-OH is 1. The van der Waals surface area contributed by atoms with Gasteiger partial charge in [0, 0.05) is 11.3 Å². The molecule has 3 aromatic carbocycles. The highest BCUT2D eigenvalue weighted by atomic mass is 35.5. The number of benzene rings is 3. The lowest BCUT2D eigenvalue weighted by Gasteiger charge is -2.27. The SMILES string of the molecule is CCOc1cc(/C(O)=C2/C(=O)C(=O)N(c3ccccc3C)C2c2ccc(OC)cc2)ccc1Cl. The molecule has 1 aliphatic heterocycles. The van der Waals surface area contributed by atoms with Crippen LogP contribution in [-0.2, 0) is 9.59 Å². The van der Waals surface area contributed by atoms with Crippen molar-refractivity contribution in [2.45, 2.75) is 19.9 Å². The largest absolute Gasteiger partial charge is 0.507 e. The zero-order valence-corrected chi connectivity index (χ0v) is 19.8. The summed E-state index contributed by atoms with van der Waals surface area (Å²) in [5.41, 5.74) is 2.39. The monoisotopic (exact) mass is 477 g/mol. The summed E-state index contributed by atoms with van der Waals surface area (Å²) in [5, 5.41) is 11.7. The van der Waals surface area contributed by atoms with Crippen LogP contribution in [0.2, 0.25) is 5.02 Å². The number of para-hydroxylation sites is 1. The fraction of sp³-hybridized carbons (Fsp3) is 0.185. The first-order chi connectivity index (χ1) is 16.4. The molecule has 6 nitrogen and oxygen atoms in total. The highest BCUT2D eigenvalue weighted by Crippen LogP contribution is 2.43. The van der Waals surface area contributed by atoms with Crippen molar-refractivity contribution in [1.29, 1.82) is 0 Å². The van der Waals surface area contributed by atoms with Gasteiger partial charge in [-0.15, -0.1) is 0 Å². The average molecular weight is 478 g/mol. The molecule has 1 atom stereocenters. The third-order valence-corrected chi connectivity index (χ3v) is 6.07. The number of nitrogens with zero attached hydrogens (tertiary/aromatic N) is 1. The minimum absolute atomic E-state index is 0.0109. The second kappa shape index (κ2) is 9.61. The van der Waals surface area contributed by atoms with Crippen molar-refractivity contribution >= 4 is 34.7 Å². The Morgan fingerprint density at radius 2 is 1.76 bits per heavy atom. The number of hydrogen-bond acceptors (Lipinski definition) is 5. The Morgan fingerprint density at radius 3 is 2.41 bits per heavy atom. The van der Waals surface area contributed by atoms with Crippen LogP contribution < -0.4 is 14.4 Å². The van der Waals surface area contributed by atoms with Crippen LogP contribution in [0, 0.1) is 6.92 Å². The van der Waals surface area contributed by atoms with Crippen LogP contribution in [0.25, 0.3) is 5.76 Å². The summed E-state index contributed by atoms with van der Waals surface area (Å²) in [6, 6.07) is 18.3. The molecule has 1 heterocycles. The highest BCUT2D eigenvalue weighted by Gasteiger charge is 2.47. The molecule has 0 radical (unpaired) electrons. The number of halogens is 1. The van der Waals surface area contributed by atoms with Gasteiger partial charge in [0.1, 0.15) is 17.3 Å². The van der Waals surface area contributed by atoms with Crippen molar-refractivity contribution in [3.8, 4) is 11.5 Å². The predicted molar refractivity (Wildman–Crippen MR) is 132 cm³/mol. The number of Topliss-reactive ketones (excluding diaryl/α,β-unsaturated/α-hetero) is 1. The number of rotatable bonds is 6. The zero-order valence-electron chi connectivity index (χ0n) is 19.0. The van der Waals surface area contributed by atoms with E-state index in [9.17, 15) is 14.7 Å². The van der Waals surface area contributed by atoms with E-state index in [2.05, 4.69) is 0 Å². The van der Waals surface area contributed by atoms with Crippen molar-refractivity contribution in [3.63, 3.8) is 0 Å². The maximum absolute atomic E-state index is 13.3. The van der Waals surface area contributed by atoms with Gasteiger partial charge in [-0.3, -0.25) is 14.5 Å². The van der Waals surface area contributed by atoms with E-state index in [1.165, 1.54) is 4.90 Å². The Bertz CT molecular complexity index is 1280. The van der Waals surface area contributed by atoms with Gasteiger partial charge in [0.25, 0.3) is 11.7 Å². The van der Waals surface area contributed by atoms with Gasteiger partial charge in [-0.05, 0) is 61.4 Å². The maximum atomic E-state index is 13.3. The van der Waals surface area contributed by atoms with Crippen molar-refractivity contribution in [3.05, 3.63) is 94.0 Å². The smallest absolute Gasteiger partial charge is 0.300 e. The van der Waals surface area contributed by atoms with Crippen molar-refractivity contribution in [1.82, 2.24) is 0 Å². The Hall–Kier alpha value is -3.77. The summed E-state index contributed by atoms with van der Waals surface area (Å²) >= 11 is 6.20. The minimum atomic E-state index is -0.835. The summed E-state index contributed by atoms with van der Waals surface area (Å²) in [4.78, 5) is 28.0. The third-order valence-electron chi connectivity index (χ3n) is 5.76. The van der Waals surface area contributed by atoms with Crippen molar-refractivity contribution in [2.75, 3.05) is 18.6 Å². The van der Waals surface area contributed by atoms with Crippen LogP contribution in [0.4, 0.5) is 5.69 Å². The molecule has 1 fully saturated rings. The van der Waals surface area contributed by atoms with Gasteiger partial charge in [-0.25, -0.2) is 0 Å². The number of amides is 1. The predicted octanol–water partition coefficient (Wildman–Crippen LogP) is 5.68. The first kappa shape index (κ1) is 23.4. The molecule has 1 amide bonds. The lowest BCUT2D eigenvalue weighted by atomic mass is 9.94. The number of methoxy groups -OCH3 is 1. The molecule has 0 bridgehead atoms. The molecule has 4 rings (SSSR count).